The zero-order valence-electron chi connectivity index (χ0n) is 18.5. The summed E-state index contributed by atoms with van der Waals surface area (Å²) in [7, 11) is 1.50. The van der Waals surface area contributed by atoms with E-state index in [2.05, 4.69) is 5.32 Å². The minimum Gasteiger partial charge on any atom is -0.460 e. The zero-order valence-corrected chi connectivity index (χ0v) is 18.5. The average Bonchev–Trinajstić information content (AvgIpc) is 2.85. The van der Waals surface area contributed by atoms with Crippen LogP contribution in [0.1, 0.15) is 34.8 Å². The Kier molecular flexibility index (Phi) is 7.37. The number of fused-ring (bicyclic) bond motifs is 1. The van der Waals surface area contributed by atoms with Crippen molar-refractivity contribution in [3.63, 3.8) is 0 Å². The van der Waals surface area contributed by atoms with Gasteiger partial charge in [0.15, 0.2) is 6.10 Å². The molecule has 3 aromatic rings. The van der Waals surface area contributed by atoms with Crippen molar-refractivity contribution in [3.05, 3.63) is 101 Å². The van der Waals surface area contributed by atoms with Crippen molar-refractivity contribution in [1.82, 2.24) is 0 Å². The van der Waals surface area contributed by atoms with Gasteiger partial charge in [-0.05, 0) is 41.2 Å². The van der Waals surface area contributed by atoms with Crippen LogP contribution in [0.15, 0.2) is 78.9 Å². The van der Waals surface area contributed by atoms with E-state index in [1.54, 1.807) is 0 Å². The van der Waals surface area contributed by atoms with Gasteiger partial charge in [0.1, 0.15) is 12.7 Å². The first-order valence-corrected chi connectivity index (χ1v) is 11.0. The van der Waals surface area contributed by atoms with E-state index < -0.39 is 18.2 Å². The standard InChI is InChI=1S/C27H27NO5/c1-31-25(21-11-6-3-7-12-21)26(29)33-22-16-15-20-13-8-14-24(23(20)17-22)28-27(30)32-18-19-9-4-2-5-10-19/h2-14,22,25H,15-18H2,1H3,(H,28,30)/t22?,25-/m1/s1. The van der Waals surface area contributed by atoms with Crippen LogP contribution in [0, 0.1) is 0 Å². The van der Waals surface area contributed by atoms with Gasteiger partial charge in [0.2, 0.25) is 0 Å². The monoisotopic (exact) mass is 445 g/mol. The molecule has 1 N–H and O–H groups in total. The lowest BCUT2D eigenvalue weighted by molar-refractivity contribution is -0.162. The van der Waals surface area contributed by atoms with Gasteiger partial charge >= 0.3 is 12.1 Å². The highest BCUT2D eigenvalue weighted by atomic mass is 16.6. The highest BCUT2D eigenvalue weighted by Crippen LogP contribution is 2.31. The molecule has 0 radical (unpaired) electrons. The lowest BCUT2D eigenvalue weighted by Crippen LogP contribution is -2.29. The Hall–Kier alpha value is -3.64. The van der Waals surface area contributed by atoms with Crippen molar-refractivity contribution < 1.29 is 23.8 Å². The van der Waals surface area contributed by atoms with Gasteiger partial charge in [-0.1, -0.05) is 72.8 Å². The summed E-state index contributed by atoms with van der Waals surface area (Å²) in [5.74, 6) is -0.412. The third-order valence-electron chi connectivity index (χ3n) is 5.72. The number of aryl methyl sites for hydroxylation is 1. The lowest BCUT2D eigenvalue weighted by atomic mass is 9.88. The van der Waals surface area contributed by atoms with Crippen molar-refractivity contribution in [3.8, 4) is 0 Å². The summed E-state index contributed by atoms with van der Waals surface area (Å²) in [6.45, 7) is 0.194. The second-order valence-corrected chi connectivity index (χ2v) is 7.96. The van der Waals surface area contributed by atoms with Crippen molar-refractivity contribution in [2.45, 2.75) is 38.1 Å². The number of rotatable bonds is 7. The number of nitrogens with one attached hydrogen (secondary N) is 1. The van der Waals surface area contributed by atoms with Crippen LogP contribution in [0.4, 0.5) is 10.5 Å². The number of amides is 1. The fourth-order valence-corrected chi connectivity index (χ4v) is 4.07. The van der Waals surface area contributed by atoms with Crippen LogP contribution in [0.25, 0.3) is 0 Å². The van der Waals surface area contributed by atoms with Crippen LogP contribution in [0.3, 0.4) is 0 Å². The highest BCUT2D eigenvalue weighted by molar-refractivity contribution is 5.86. The third-order valence-corrected chi connectivity index (χ3v) is 5.72. The molecule has 1 unspecified atom stereocenters. The van der Waals surface area contributed by atoms with Crippen molar-refractivity contribution >= 4 is 17.7 Å². The first kappa shape index (κ1) is 22.6. The second-order valence-electron chi connectivity index (χ2n) is 7.96. The van der Waals surface area contributed by atoms with Crippen LogP contribution in [-0.2, 0) is 38.5 Å². The molecule has 0 heterocycles. The van der Waals surface area contributed by atoms with Crippen LogP contribution in [0.2, 0.25) is 0 Å². The molecule has 0 spiro atoms. The summed E-state index contributed by atoms with van der Waals surface area (Å²) in [6.07, 6.45) is 0.400. The van der Waals surface area contributed by atoms with E-state index in [4.69, 9.17) is 14.2 Å². The number of hydrogen-bond donors (Lipinski definition) is 1. The molecule has 0 saturated carbocycles. The van der Waals surface area contributed by atoms with Gasteiger partial charge in [0.05, 0.1) is 0 Å². The number of esters is 1. The minimum absolute atomic E-state index is 0.194. The molecule has 6 heteroatoms. The summed E-state index contributed by atoms with van der Waals surface area (Å²) in [5.41, 5.74) is 4.45. The summed E-state index contributed by atoms with van der Waals surface area (Å²) in [6, 6.07) is 24.6. The molecule has 170 valence electrons. The average molecular weight is 446 g/mol. The number of carbonyl (C=O) groups excluding carboxylic acids is 2. The molecule has 0 aromatic heterocycles. The van der Waals surface area contributed by atoms with Gasteiger partial charge in [0, 0.05) is 19.2 Å². The fourth-order valence-electron chi connectivity index (χ4n) is 4.07. The Morgan fingerprint density at radius 2 is 1.70 bits per heavy atom. The van der Waals surface area contributed by atoms with Crippen LogP contribution in [0.5, 0.6) is 0 Å². The van der Waals surface area contributed by atoms with Crippen LogP contribution >= 0.6 is 0 Å². The predicted molar refractivity (Wildman–Crippen MR) is 125 cm³/mol. The molecule has 6 nitrogen and oxygen atoms in total. The molecule has 4 rings (SSSR count). The lowest BCUT2D eigenvalue weighted by Gasteiger charge is -2.28. The first-order valence-electron chi connectivity index (χ1n) is 11.0. The van der Waals surface area contributed by atoms with Gasteiger partial charge in [-0.15, -0.1) is 0 Å². The Bertz CT molecular complexity index is 1080. The summed E-state index contributed by atoms with van der Waals surface area (Å²) in [4.78, 5) is 25.2. The number of ether oxygens (including phenoxy) is 3. The first-order chi connectivity index (χ1) is 16.1. The SMILES string of the molecule is CO[C@@H](C(=O)OC1CCc2cccc(NC(=O)OCc3ccccc3)c2C1)c1ccccc1. The molecule has 33 heavy (non-hydrogen) atoms. The second kappa shape index (κ2) is 10.8. The maximum absolute atomic E-state index is 12.8. The number of carbonyl (C=O) groups is 2. The normalized spacial score (nSPS) is 15.7. The number of hydrogen-bond acceptors (Lipinski definition) is 5. The van der Waals surface area contributed by atoms with E-state index in [0.717, 1.165) is 28.7 Å². The topological polar surface area (TPSA) is 73.9 Å². The van der Waals surface area contributed by atoms with Crippen LogP contribution in [-0.4, -0.2) is 25.3 Å². The molecule has 2 atom stereocenters. The van der Waals surface area contributed by atoms with Gasteiger partial charge < -0.3 is 14.2 Å². The summed E-state index contributed by atoms with van der Waals surface area (Å²) in [5, 5.41) is 2.85. The largest absolute Gasteiger partial charge is 0.460 e. The minimum atomic E-state index is -0.770. The van der Waals surface area contributed by atoms with Crippen molar-refractivity contribution in [2.75, 3.05) is 12.4 Å². The van der Waals surface area contributed by atoms with E-state index in [1.165, 1.54) is 7.11 Å². The Labute approximate surface area is 193 Å². The number of anilines is 1. The van der Waals surface area contributed by atoms with Gasteiger partial charge in [-0.2, -0.15) is 0 Å². The summed E-state index contributed by atoms with van der Waals surface area (Å²) >= 11 is 0. The van der Waals surface area contributed by atoms with Gasteiger partial charge in [0.25, 0.3) is 0 Å². The third kappa shape index (κ3) is 5.79. The zero-order chi connectivity index (χ0) is 23.0. The van der Waals surface area contributed by atoms with Crippen molar-refractivity contribution in [1.29, 1.82) is 0 Å². The Morgan fingerprint density at radius 1 is 0.970 bits per heavy atom. The Morgan fingerprint density at radius 3 is 2.42 bits per heavy atom. The number of benzene rings is 3. The van der Waals surface area contributed by atoms with E-state index >= 15 is 0 Å². The molecule has 1 amide bonds. The van der Waals surface area contributed by atoms with Crippen LogP contribution < -0.4 is 5.32 Å². The molecule has 0 bridgehead atoms. The molecular weight excluding hydrogens is 418 g/mol. The maximum atomic E-state index is 12.8. The van der Waals surface area contributed by atoms with E-state index in [-0.39, 0.29) is 12.7 Å². The van der Waals surface area contributed by atoms with E-state index in [1.807, 2.05) is 78.9 Å². The molecule has 0 fully saturated rings. The molecular formula is C27H27NO5. The summed E-state index contributed by atoms with van der Waals surface area (Å²) < 4.78 is 16.6. The Balaban J connectivity index is 1.39. The maximum Gasteiger partial charge on any atom is 0.411 e. The van der Waals surface area contributed by atoms with Crippen molar-refractivity contribution in [2.24, 2.45) is 0 Å². The molecule has 3 aromatic carbocycles. The van der Waals surface area contributed by atoms with E-state index in [0.29, 0.717) is 18.5 Å². The predicted octanol–water partition coefficient (Wildman–Crippen LogP) is 5.22. The number of methoxy groups -OCH3 is 1. The van der Waals surface area contributed by atoms with E-state index in [9.17, 15) is 9.59 Å². The van der Waals surface area contributed by atoms with Gasteiger partial charge in [-0.25, -0.2) is 9.59 Å². The molecule has 1 aliphatic rings. The molecule has 0 aliphatic heterocycles. The molecule has 1 aliphatic carbocycles. The highest BCUT2D eigenvalue weighted by Gasteiger charge is 2.28. The van der Waals surface area contributed by atoms with Gasteiger partial charge in [-0.3, -0.25) is 5.32 Å². The quantitative estimate of drug-likeness (QED) is 0.505. The smallest absolute Gasteiger partial charge is 0.411 e. The molecule has 0 saturated heterocycles. The fraction of sp³-hybridized carbons (Fsp3) is 0.259.